The molecule has 2 rings (SSSR count). The summed E-state index contributed by atoms with van der Waals surface area (Å²) in [7, 11) is 0. The first-order chi connectivity index (χ1) is 9.56. The number of carbonyl (C=O) groups is 1. The Morgan fingerprint density at radius 2 is 2.25 bits per heavy atom. The van der Waals surface area contributed by atoms with Crippen LogP contribution in [-0.2, 0) is 0 Å². The number of aryl methyl sites for hydroxylation is 2. The van der Waals surface area contributed by atoms with Gasteiger partial charge in [-0.3, -0.25) is 0 Å². The molecule has 1 heterocycles. The standard InChI is InChI=1S/C15H22N2O3/c1-11-3-4-14(9-12(11)2)20-8-5-13-10-17(15(18)19)7-6-16-13/h3-4,9,13,16H,5-8,10H2,1-2H3,(H,18,19)/t13-/m1/s1. The molecule has 1 saturated heterocycles. The molecule has 1 aromatic carbocycles. The lowest BCUT2D eigenvalue weighted by atomic mass is 10.1. The second-order valence-corrected chi connectivity index (χ2v) is 5.26. The summed E-state index contributed by atoms with van der Waals surface area (Å²) in [5.74, 6) is 0.874. The number of amides is 1. The van der Waals surface area contributed by atoms with Gasteiger partial charge in [-0.2, -0.15) is 0 Å². The minimum absolute atomic E-state index is 0.173. The first-order valence-corrected chi connectivity index (χ1v) is 6.97. The zero-order valence-corrected chi connectivity index (χ0v) is 12.1. The predicted molar refractivity (Wildman–Crippen MR) is 77.4 cm³/mol. The fourth-order valence-electron chi connectivity index (χ4n) is 2.32. The van der Waals surface area contributed by atoms with Crippen molar-refractivity contribution in [3.63, 3.8) is 0 Å². The second-order valence-electron chi connectivity index (χ2n) is 5.26. The molecule has 5 nitrogen and oxygen atoms in total. The molecule has 0 aromatic heterocycles. The van der Waals surface area contributed by atoms with E-state index < -0.39 is 6.09 Å². The molecule has 110 valence electrons. The van der Waals surface area contributed by atoms with Crippen LogP contribution in [0.4, 0.5) is 4.79 Å². The van der Waals surface area contributed by atoms with Gasteiger partial charge in [0.15, 0.2) is 0 Å². The quantitative estimate of drug-likeness (QED) is 0.884. The average Bonchev–Trinajstić information content (AvgIpc) is 2.43. The highest BCUT2D eigenvalue weighted by Crippen LogP contribution is 2.16. The Labute approximate surface area is 119 Å². The summed E-state index contributed by atoms with van der Waals surface area (Å²) in [6.45, 7) is 6.53. The molecule has 1 atom stereocenters. The first kappa shape index (κ1) is 14.7. The normalized spacial score (nSPS) is 18.9. The van der Waals surface area contributed by atoms with Crippen molar-refractivity contribution in [1.29, 1.82) is 0 Å². The third-order valence-electron chi connectivity index (χ3n) is 3.74. The van der Waals surface area contributed by atoms with Gasteiger partial charge in [-0.05, 0) is 43.5 Å². The Balaban J connectivity index is 1.77. The van der Waals surface area contributed by atoms with Gasteiger partial charge >= 0.3 is 6.09 Å². The summed E-state index contributed by atoms with van der Waals surface area (Å²) >= 11 is 0. The van der Waals surface area contributed by atoms with Gasteiger partial charge in [0.1, 0.15) is 5.75 Å². The maximum atomic E-state index is 10.9. The van der Waals surface area contributed by atoms with Crippen LogP contribution in [0.1, 0.15) is 17.5 Å². The molecule has 0 saturated carbocycles. The SMILES string of the molecule is Cc1ccc(OCC[C@@H]2CN(C(=O)O)CCN2)cc1C. The fourth-order valence-corrected chi connectivity index (χ4v) is 2.32. The van der Waals surface area contributed by atoms with Crippen molar-refractivity contribution < 1.29 is 14.6 Å². The van der Waals surface area contributed by atoms with E-state index in [9.17, 15) is 4.79 Å². The van der Waals surface area contributed by atoms with Crippen LogP contribution in [0, 0.1) is 13.8 Å². The molecule has 1 aromatic rings. The third kappa shape index (κ3) is 3.87. The Morgan fingerprint density at radius 1 is 1.45 bits per heavy atom. The van der Waals surface area contributed by atoms with E-state index in [2.05, 4.69) is 25.2 Å². The van der Waals surface area contributed by atoms with Crippen molar-refractivity contribution in [2.45, 2.75) is 26.3 Å². The Morgan fingerprint density at radius 3 is 2.95 bits per heavy atom. The van der Waals surface area contributed by atoms with Crippen molar-refractivity contribution in [3.8, 4) is 5.75 Å². The van der Waals surface area contributed by atoms with E-state index in [4.69, 9.17) is 9.84 Å². The van der Waals surface area contributed by atoms with E-state index in [-0.39, 0.29) is 6.04 Å². The number of hydrogen-bond donors (Lipinski definition) is 2. The number of hydrogen-bond acceptors (Lipinski definition) is 3. The maximum absolute atomic E-state index is 10.9. The number of nitrogens with zero attached hydrogens (tertiary/aromatic N) is 1. The van der Waals surface area contributed by atoms with Crippen molar-refractivity contribution in [3.05, 3.63) is 29.3 Å². The molecule has 1 aliphatic rings. The largest absolute Gasteiger partial charge is 0.494 e. The number of nitrogens with one attached hydrogen (secondary N) is 1. The van der Waals surface area contributed by atoms with Crippen LogP contribution in [0.15, 0.2) is 18.2 Å². The molecule has 1 fully saturated rings. The summed E-state index contributed by atoms with van der Waals surface area (Å²) < 4.78 is 5.73. The van der Waals surface area contributed by atoms with E-state index >= 15 is 0 Å². The zero-order valence-electron chi connectivity index (χ0n) is 12.1. The Hall–Kier alpha value is -1.75. The van der Waals surface area contributed by atoms with Gasteiger partial charge in [-0.1, -0.05) is 6.07 Å². The molecule has 2 N–H and O–H groups in total. The van der Waals surface area contributed by atoms with Crippen LogP contribution < -0.4 is 10.1 Å². The molecule has 0 unspecified atom stereocenters. The summed E-state index contributed by atoms with van der Waals surface area (Å²) in [6, 6.07) is 6.23. The van der Waals surface area contributed by atoms with Crippen molar-refractivity contribution in [1.82, 2.24) is 10.2 Å². The van der Waals surface area contributed by atoms with Crippen LogP contribution in [0.3, 0.4) is 0 Å². The van der Waals surface area contributed by atoms with Crippen LogP contribution in [0.25, 0.3) is 0 Å². The predicted octanol–water partition coefficient (Wildman–Crippen LogP) is 2.02. The Kier molecular flexibility index (Phi) is 4.84. The molecule has 0 aliphatic carbocycles. The molecule has 0 radical (unpaired) electrons. The van der Waals surface area contributed by atoms with Gasteiger partial charge in [0.05, 0.1) is 6.61 Å². The number of benzene rings is 1. The molecular formula is C15H22N2O3. The van der Waals surface area contributed by atoms with Crippen LogP contribution in [-0.4, -0.2) is 48.4 Å². The minimum Gasteiger partial charge on any atom is -0.494 e. The lowest BCUT2D eigenvalue weighted by Gasteiger charge is -2.31. The van der Waals surface area contributed by atoms with Crippen molar-refractivity contribution in [2.75, 3.05) is 26.2 Å². The number of rotatable bonds is 4. The van der Waals surface area contributed by atoms with Crippen LogP contribution in [0.2, 0.25) is 0 Å². The van der Waals surface area contributed by atoms with Gasteiger partial charge in [0, 0.05) is 25.7 Å². The molecule has 0 spiro atoms. The smallest absolute Gasteiger partial charge is 0.407 e. The van der Waals surface area contributed by atoms with Gasteiger partial charge in [0.25, 0.3) is 0 Å². The zero-order chi connectivity index (χ0) is 14.5. The molecule has 1 amide bonds. The summed E-state index contributed by atoms with van der Waals surface area (Å²) in [5.41, 5.74) is 2.47. The van der Waals surface area contributed by atoms with Gasteiger partial charge in [0.2, 0.25) is 0 Å². The van der Waals surface area contributed by atoms with Gasteiger partial charge in [-0.15, -0.1) is 0 Å². The van der Waals surface area contributed by atoms with E-state index in [1.54, 1.807) is 0 Å². The van der Waals surface area contributed by atoms with E-state index in [0.29, 0.717) is 26.2 Å². The lowest BCUT2D eigenvalue weighted by molar-refractivity contribution is 0.124. The monoisotopic (exact) mass is 278 g/mol. The molecule has 5 heteroatoms. The van der Waals surface area contributed by atoms with Crippen LogP contribution >= 0.6 is 0 Å². The highest BCUT2D eigenvalue weighted by molar-refractivity contribution is 5.65. The number of carboxylic acid groups (broad SMARTS) is 1. The number of piperazine rings is 1. The summed E-state index contributed by atoms with van der Waals surface area (Å²) in [6.07, 6.45) is -0.0388. The lowest BCUT2D eigenvalue weighted by Crippen LogP contribution is -2.52. The highest BCUT2D eigenvalue weighted by atomic mass is 16.5. The van der Waals surface area contributed by atoms with Gasteiger partial charge < -0.3 is 20.1 Å². The third-order valence-corrected chi connectivity index (χ3v) is 3.74. The topological polar surface area (TPSA) is 61.8 Å². The molecular weight excluding hydrogens is 256 g/mol. The van der Waals surface area contributed by atoms with Crippen molar-refractivity contribution >= 4 is 6.09 Å². The second kappa shape index (κ2) is 6.61. The summed E-state index contributed by atoms with van der Waals surface area (Å²) in [5, 5.41) is 12.3. The minimum atomic E-state index is -0.841. The van der Waals surface area contributed by atoms with Crippen LogP contribution in [0.5, 0.6) is 5.75 Å². The fraction of sp³-hybridized carbons (Fsp3) is 0.533. The highest BCUT2D eigenvalue weighted by Gasteiger charge is 2.22. The number of ether oxygens (including phenoxy) is 1. The molecule has 1 aliphatic heterocycles. The summed E-state index contributed by atoms with van der Waals surface area (Å²) in [4.78, 5) is 12.4. The van der Waals surface area contributed by atoms with E-state index in [0.717, 1.165) is 12.2 Å². The van der Waals surface area contributed by atoms with E-state index in [1.807, 2.05) is 12.1 Å². The van der Waals surface area contributed by atoms with Gasteiger partial charge in [-0.25, -0.2) is 4.79 Å². The maximum Gasteiger partial charge on any atom is 0.407 e. The van der Waals surface area contributed by atoms with Crippen molar-refractivity contribution in [2.24, 2.45) is 0 Å². The molecule has 0 bridgehead atoms. The molecule has 20 heavy (non-hydrogen) atoms. The first-order valence-electron chi connectivity index (χ1n) is 6.97. The van der Waals surface area contributed by atoms with E-state index in [1.165, 1.54) is 16.0 Å². The average molecular weight is 278 g/mol. The Bertz CT molecular complexity index is 476.